The minimum atomic E-state index is 0.630. The Labute approximate surface area is 679 Å². The van der Waals surface area contributed by atoms with Crippen LogP contribution in [-0.4, -0.2) is 33.2 Å². The van der Waals surface area contributed by atoms with Crippen molar-refractivity contribution in [2.45, 2.75) is 0 Å². The first-order valence-electron chi connectivity index (χ1n) is 40.4. The van der Waals surface area contributed by atoms with Crippen molar-refractivity contribution in [1.29, 1.82) is 0 Å². The molecule has 0 aliphatic carbocycles. The van der Waals surface area contributed by atoms with Crippen molar-refractivity contribution in [3.8, 4) is 101 Å². The second-order valence-corrected chi connectivity index (χ2v) is 30.9. The Morgan fingerprint density at radius 1 is 0.127 bits per heavy atom. The molecule has 0 spiro atoms. The summed E-state index contributed by atoms with van der Waals surface area (Å²) >= 11 is 0. The van der Waals surface area contributed by atoms with Crippen LogP contribution in [0.4, 0.5) is 0 Å². The number of hydrogen-bond acceptors (Lipinski definition) is 3. The second kappa shape index (κ2) is 26.9. The number of fused-ring (bicyclic) bond motifs is 6. The van der Waals surface area contributed by atoms with Gasteiger partial charge in [0.05, 0.1) is 44.1 Å². The lowest BCUT2D eigenvalue weighted by atomic mass is 9.92. The molecule has 0 atom stereocenters. The van der Waals surface area contributed by atoms with Gasteiger partial charge in [-0.25, -0.2) is 15.0 Å². The summed E-state index contributed by atoms with van der Waals surface area (Å²) in [5.41, 5.74) is 26.5. The smallest absolute Gasteiger partial charge is 0.164 e. The van der Waals surface area contributed by atoms with Gasteiger partial charge in [-0.15, -0.1) is 0 Å². The maximum Gasteiger partial charge on any atom is 0.164 e. The van der Waals surface area contributed by atoms with Crippen LogP contribution in [0.3, 0.4) is 0 Å². The van der Waals surface area contributed by atoms with E-state index in [-0.39, 0.29) is 0 Å². The Morgan fingerprint density at radius 3 is 0.788 bits per heavy atom. The van der Waals surface area contributed by atoms with Gasteiger partial charge in [0, 0.05) is 82.5 Å². The highest BCUT2D eigenvalue weighted by Crippen LogP contribution is 2.52. The van der Waals surface area contributed by atoms with Gasteiger partial charge in [0.2, 0.25) is 0 Å². The number of benzene rings is 18. The van der Waals surface area contributed by atoms with Crippen molar-refractivity contribution in [3.63, 3.8) is 0 Å². The molecule has 7 nitrogen and oxygen atoms in total. The molecule has 7 heteroatoms. The second-order valence-electron chi connectivity index (χ2n) is 30.9. The molecule has 0 saturated heterocycles. The fourth-order valence-corrected chi connectivity index (χ4v) is 19.2. The third-order valence-corrected chi connectivity index (χ3v) is 24.3. The van der Waals surface area contributed by atoms with Crippen LogP contribution in [0.2, 0.25) is 0 Å². The first-order valence-corrected chi connectivity index (χ1v) is 40.4. The molecule has 0 aliphatic rings. The van der Waals surface area contributed by atoms with Crippen LogP contribution in [0, 0.1) is 0 Å². The number of hydrogen-bond donors (Lipinski definition) is 0. The highest BCUT2D eigenvalue weighted by atomic mass is 15.0. The van der Waals surface area contributed by atoms with E-state index in [1.165, 1.54) is 164 Å². The van der Waals surface area contributed by atoms with E-state index >= 15 is 0 Å². The molecular formula is C111H69N7. The van der Waals surface area contributed by atoms with Crippen molar-refractivity contribution >= 4 is 130 Å². The number of nitrogens with zero attached hydrogens (tertiary/aromatic N) is 7. The van der Waals surface area contributed by atoms with Gasteiger partial charge in [-0.1, -0.05) is 291 Å². The van der Waals surface area contributed by atoms with Crippen LogP contribution in [-0.2, 0) is 0 Å². The van der Waals surface area contributed by atoms with Gasteiger partial charge in [0.15, 0.2) is 17.5 Å². The normalized spacial score (nSPS) is 11.9. The van der Waals surface area contributed by atoms with Crippen LogP contribution in [0.1, 0.15) is 0 Å². The number of aromatic nitrogens is 7. The first-order chi connectivity index (χ1) is 58.6. The van der Waals surface area contributed by atoms with E-state index in [9.17, 15) is 0 Å². The van der Waals surface area contributed by atoms with Crippen molar-refractivity contribution in [2.75, 3.05) is 0 Å². The van der Waals surface area contributed by atoms with Crippen LogP contribution in [0.5, 0.6) is 0 Å². The molecule has 25 rings (SSSR count). The van der Waals surface area contributed by atoms with E-state index in [2.05, 4.69) is 376 Å². The fraction of sp³-hybridized carbons (Fsp3) is 0. The summed E-state index contributed by atoms with van der Waals surface area (Å²) in [5, 5.41) is 20.2. The summed E-state index contributed by atoms with van der Waals surface area (Å²) in [6, 6.07) is 152. The molecule has 0 aliphatic heterocycles. The molecular weight excluding hydrogens is 1430 g/mol. The molecule has 548 valence electrons. The number of rotatable bonds is 11. The first kappa shape index (κ1) is 66.7. The maximum absolute atomic E-state index is 5.05. The highest BCUT2D eigenvalue weighted by Gasteiger charge is 2.29. The highest BCUT2D eigenvalue weighted by molar-refractivity contribution is 6.41. The van der Waals surface area contributed by atoms with Gasteiger partial charge < -0.3 is 18.3 Å². The lowest BCUT2D eigenvalue weighted by Gasteiger charge is -2.13. The van der Waals surface area contributed by atoms with E-state index in [1.807, 2.05) is 60.7 Å². The Hall–Kier alpha value is -15.8. The predicted octanol–water partition coefficient (Wildman–Crippen LogP) is 29.1. The summed E-state index contributed by atoms with van der Waals surface area (Å²) in [4.78, 5) is 15.0. The predicted molar refractivity (Wildman–Crippen MR) is 494 cm³/mol. The molecule has 0 radical (unpaired) electrons. The zero-order chi connectivity index (χ0) is 77.5. The zero-order valence-electron chi connectivity index (χ0n) is 64.0. The topological polar surface area (TPSA) is 58.4 Å². The average molecular weight is 1500 g/mol. The number of para-hydroxylation sites is 2. The third-order valence-electron chi connectivity index (χ3n) is 24.3. The van der Waals surface area contributed by atoms with Gasteiger partial charge in [-0.05, 0) is 215 Å². The molecule has 5 aromatic heterocycles. The zero-order valence-corrected chi connectivity index (χ0v) is 64.0. The molecule has 5 heterocycles. The molecule has 0 fully saturated rings. The van der Waals surface area contributed by atoms with Crippen LogP contribution >= 0.6 is 0 Å². The molecule has 0 bridgehead atoms. The lowest BCUT2D eigenvalue weighted by Crippen LogP contribution is -2.00. The van der Waals surface area contributed by atoms with E-state index < -0.39 is 0 Å². The summed E-state index contributed by atoms with van der Waals surface area (Å²) in [6.07, 6.45) is 0. The Morgan fingerprint density at radius 2 is 0.381 bits per heavy atom. The van der Waals surface area contributed by atoms with E-state index in [4.69, 9.17) is 15.0 Å². The molecule has 0 N–H and O–H groups in total. The largest absolute Gasteiger partial charge is 0.309 e. The van der Waals surface area contributed by atoms with E-state index in [0.717, 1.165) is 50.5 Å². The van der Waals surface area contributed by atoms with E-state index in [0.29, 0.717) is 17.5 Å². The van der Waals surface area contributed by atoms with Crippen molar-refractivity contribution in [2.24, 2.45) is 0 Å². The van der Waals surface area contributed by atoms with Gasteiger partial charge in [-0.3, -0.25) is 0 Å². The van der Waals surface area contributed by atoms with Crippen molar-refractivity contribution < 1.29 is 0 Å². The van der Waals surface area contributed by atoms with Crippen LogP contribution < -0.4 is 0 Å². The SMILES string of the molecule is c1ccc(-c2cc3c4ccccc4c4cccc5c4c4c6c3c(c2)n(-c2ccc(-c3nc(-c7ccccc7)nc(-c7ccccc7)n3)cc2)c6ccc4n5-c2ccccc2)cc1.c1ccc(-c2cccc(-c3cccc(-n4c5cc(-c6ccccc6)cc6c7ccccc7c7cccc8c7c7c(c65)c4ccc7n8-c4ccccc4)c3)c2)cc1. The maximum atomic E-state index is 5.05. The molecule has 0 amide bonds. The monoisotopic (exact) mass is 1500 g/mol. The Balaban J connectivity index is 0.000000135. The summed E-state index contributed by atoms with van der Waals surface area (Å²) < 4.78 is 9.89. The minimum absolute atomic E-state index is 0.630. The lowest BCUT2D eigenvalue weighted by molar-refractivity contribution is 1.07. The van der Waals surface area contributed by atoms with Crippen LogP contribution in [0.15, 0.2) is 419 Å². The Kier molecular flexibility index (Phi) is 15.2. The third kappa shape index (κ3) is 10.5. The average Bonchev–Trinajstić information content (AvgIpc) is 1.52. The summed E-state index contributed by atoms with van der Waals surface area (Å²) in [7, 11) is 0. The molecule has 20 aromatic carbocycles. The van der Waals surface area contributed by atoms with Gasteiger partial charge in [-0.2, -0.15) is 0 Å². The summed E-state index contributed by atoms with van der Waals surface area (Å²) in [5.74, 6) is 1.92. The quantitative estimate of drug-likeness (QED) is 0.130. The fourth-order valence-electron chi connectivity index (χ4n) is 19.2. The standard InChI is InChI=1S/C57H35N5.C54H34N2/c1-5-16-36(17-6-1)40-34-46-44-25-14-13-24-43(44)45-26-15-27-47-51(45)53-48(61(47)41-22-11-4-12-23-41)32-33-49-54(53)52(46)50(35-40)62(49)42-30-28-39(29-31-42)57-59-55(37-18-7-2-8-19-37)58-56(60-57)38-20-9-3-10-21-38;1-4-15-35(16-5-1)37-19-12-20-38(31-37)39-21-13-24-42(32-39)56-49-30-29-48-53-51-45(27-14-28-47(51)55(48)41-22-8-3-9-23-41)43-25-10-11-26-44(43)46-33-40(36-17-6-2-7-18-36)34-50(56)52(46)54(49)53/h1-35H;1-34H. The molecule has 118 heavy (non-hydrogen) atoms. The van der Waals surface area contributed by atoms with Gasteiger partial charge >= 0.3 is 0 Å². The Bertz CT molecular complexity index is 8180. The molecule has 0 unspecified atom stereocenters. The van der Waals surface area contributed by atoms with Crippen LogP contribution in [0.25, 0.3) is 232 Å². The molecule has 25 aromatic rings. The van der Waals surface area contributed by atoms with Gasteiger partial charge in [0.1, 0.15) is 0 Å². The van der Waals surface area contributed by atoms with Crippen molar-refractivity contribution in [1.82, 2.24) is 33.2 Å². The van der Waals surface area contributed by atoms with Gasteiger partial charge in [0.25, 0.3) is 0 Å². The summed E-state index contributed by atoms with van der Waals surface area (Å²) in [6.45, 7) is 0. The molecule has 0 saturated carbocycles. The minimum Gasteiger partial charge on any atom is -0.309 e. The van der Waals surface area contributed by atoms with E-state index in [1.54, 1.807) is 0 Å². The van der Waals surface area contributed by atoms with Crippen molar-refractivity contribution in [3.05, 3.63) is 419 Å².